The molecule has 32 heavy (non-hydrogen) atoms. The third kappa shape index (κ3) is 4.81. The van der Waals surface area contributed by atoms with Crippen molar-refractivity contribution in [1.82, 2.24) is 24.4 Å². The van der Waals surface area contributed by atoms with E-state index in [4.69, 9.17) is 4.74 Å². The SMILES string of the molecule is COc1ccc(S(=O)(=O)N2CCCC(C(=O)NCc3ccc(-n4cccn4)nc3)C2)cc1. The molecule has 2 aromatic heterocycles. The van der Waals surface area contributed by atoms with Crippen LogP contribution in [0, 0.1) is 5.92 Å². The standard InChI is InChI=1S/C22H25N5O4S/c1-31-19-6-8-20(9-7-19)32(29,30)26-12-2-4-18(16-26)22(28)24-15-17-5-10-21(23-14-17)27-13-3-11-25-27/h3,5-11,13-14,18H,2,4,12,15-16H2,1H3,(H,24,28). The molecule has 1 atom stereocenters. The Hall–Kier alpha value is -3.24. The number of hydrogen-bond acceptors (Lipinski definition) is 6. The Morgan fingerprint density at radius 2 is 2.03 bits per heavy atom. The van der Waals surface area contributed by atoms with Gasteiger partial charge in [-0.3, -0.25) is 4.79 Å². The minimum absolute atomic E-state index is 0.157. The number of ether oxygens (including phenoxy) is 1. The highest BCUT2D eigenvalue weighted by Crippen LogP contribution is 2.25. The number of carbonyl (C=O) groups is 1. The second kappa shape index (κ2) is 9.49. The van der Waals surface area contributed by atoms with Crippen molar-refractivity contribution in [2.24, 2.45) is 5.92 Å². The molecule has 0 bridgehead atoms. The molecule has 0 aliphatic carbocycles. The summed E-state index contributed by atoms with van der Waals surface area (Å²) >= 11 is 0. The molecular weight excluding hydrogens is 430 g/mol. The second-order valence-electron chi connectivity index (χ2n) is 7.57. The van der Waals surface area contributed by atoms with Crippen molar-refractivity contribution in [2.75, 3.05) is 20.2 Å². The third-order valence-corrected chi connectivity index (χ3v) is 7.35. The number of amides is 1. The van der Waals surface area contributed by atoms with Gasteiger partial charge in [-0.05, 0) is 54.8 Å². The van der Waals surface area contributed by atoms with Crippen molar-refractivity contribution in [2.45, 2.75) is 24.3 Å². The summed E-state index contributed by atoms with van der Waals surface area (Å²) in [5.41, 5.74) is 0.854. The summed E-state index contributed by atoms with van der Waals surface area (Å²) in [6.45, 7) is 0.889. The van der Waals surface area contributed by atoms with Gasteiger partial charge >= 0.3 is 0 Å². The number of hydrogen-bond donors (Lipinski definition) is 1. The maximum absolute atomic E-state index is 13.0. The Kier molecular flexibility index (Phi) is 6.52. The summed E-state index contributed by atoms with van der Waals surface area (Å²) < 4.78 is 34.1. The highest BCUT2D eigenvalue weighted by atomic mass is 32.2. The first kappa shape index (κ1) is 22.0. The number of aromatic nitrogens is 3. The Balaban J connectivity index is 1.35. The molecule has 1 aliphatic heterocycles. The fraction of sp³-hybridized carbons (Fsp3) is 0.318. The van der Waals surface area contributed by atoms with Gasteiger partial charge in [-0.2, -0.15) is 9.40 Å². The van der Waals surface area contributed by atoms with Gasteiger partial charge in [0.05, 0.1) is 17.9 Å². The van der Waals surface area contributed by atoms with Crippen LogP contribution < -0.4 is 10.1 Å². The van der Waals surface area contributed by atoms with E-state index in [0.29, 0.717) is 37.5 Å². The Bertz CT molecular complexity index is 1150. The zero-order chi connectivity index (χ0) is 22.6. The van der Waals surface area contributed by atoms with Gasteiger partial charge in [0.25, 0.3) is 0 Å². The average molecular weight is 456 g/mol. The first-order chi connectivity index (χ1) is 15.5. The fourth-order valence-electron chi connectivity index (χ4n) is 3.67. The highest BCUT2D eigenvalue weighted by Gasteiger charge is 2.33. The number of methoxy groups -OCH3 is 1. The van der Waals surface area contributed by atoms with Gasteiger partial charge in [0.1, 0.15) is 5.75 Å². The van der Waals surface area contributed by atoms with E-state index >= 15 is 0 Å². The topological polar surface area (TPSA) is 106 Å². The fourth-order valence-corrected chi connectivity index (χ4v) is 5.19. The lowest BCUT2D eigenvalue weighted by molar-refractivity contribution is -0.126. The molecule has 1 aliphatic rings. The number of sulfonamides is 1. The summed E-state index contributed by atoms with van der Waals surface area (Å²) in [6, 6.07) is 11.8. The van der Waals surface area contributed by atoms with E-state index in [9.17, 15) is 13.2 Å². The van der Waals surface area contributed by atoms with Crippen LogP contribution in [0.2, 0.25) is 0 Å². The van der Waals surface area contributed by atoms with Crippen molar-refractivity contribution in [1.29, 1.82) is 0 Å². The third-order valence-electron chi connectivity index (χ3n) is 5.47. The highest BCUT2D eigenvalue weighted by molar-refractivity contribution is 7.89. The smallest absolute Gasteiger partial charge is 0.243 e. The number of nitrogens with zero attached hydrogens (tertiary/aromatic N) is 4. The number of piperidine rings is 1. The molecular formula is C22H25N5O4S. The second-order valence-corrected chi connectivity index (χ2v) is 9.51. The molecule has 1 N–H and O–H groups in total. The molecule has 0 radical (unpaired) electrons. The van der Waals surface area contributed by atoms with E-state index in [0.717, 1.165) is 5.56 Å². The van der Waals surface area contributed by atoms with Crippen LogP contribution in [0.1, 0.15) is 18.4 Å². The van der Waals surface area contributed by atoms with Crippen LogP contribution in [0.3, 0.4) is 0 Å². The van der Waals surface area contributed by atoms with Crippen molar-refractivity contribution in [3.8, 4) is 11.6 Å². The van der Waals surface area contributed by atoms with Crippen molar-refractivity contribution in [3.63, 3.8) is 0 Å². The Morgan fingerprint density at radius 3 is 2.69 bits per heavy atom. The van der Waals surface area contributed by atoms with E-state index in [1.807, 2.05) is 18.2 Å². The Labute approximate surface area is 187 Å². The van der Waals surface area contributed by atoms with E-state index in [1.165, 1.54) is 23.5 Å². The van der Waals surface area contributed by atoms with Gasteiger partial charge in [-0.1, -0.05) is 6.07 Å². The maximum Gasteiger partial charge on any atom is 0.243 e. The van der Waals surface area contributed by atoms with Gasteiger partial charge in [0.2, 0.25) is 15.9 Å². The maximum atomic E-state index is 13.0. The molecule has 1 saturated heterocycles. The van der Waals surface area contributed by atoms with Crippen LogP contribution in [-0.4, -0.2) is 53.6 Å². The minimum Gasteiger partial charge on any atom is -0.497 e. The number of benzene rings is 1. The Morgan fingerprint density at radius 1 is 1.22 bits per heavy atom. The number of nitrogens with one attached hydrogen (secondary N) is 1. The molecule has 10 heteroatoms. The van der Waals surface area contributed by atoms with Gasteiger partial charge < -0.3 is 10.1 Å². The summed E-state index contributed by atoms with van der Waals surface area (Å²) in [6.07, 6.45) is 6.46. The lowest BCUT2D eigenvalue weighted by Crippen LogP contribution is -2.45. The predicted molar refractivity (Wildman–Crippen MR) is 118 cm³/mol. The first-order valence-electron chi connectivity index (χ1n) is 10.3. The van der Waals surface area contributed by atoms with E-state index in [1.54, 1.807) is 35.4 Å². The first-order valence-corrected chi connectivity index (χ1v) is 11.8. The van der Waals surface area contributed by atoms with Crippen LogP contribution in [0.25, 0.3) is 5.82 Å². The van der Waals surface area contributed by atoms with E-state index in [2.05, 4.69) is 15.4 Å². The molecule has 1 aromatic carbocycles. The molecule has 1 unspecified atom stereocenters. The summed E-state index contributed by atoms with van der Waals surface area (Å²) in [5, 5.41) is 7.04. The largest absolute Gasteiger partial charge is 0.497 e. The number of carbonyl (C=O) groups excluding carboxylic acids is 1. The molecule has 0 spiro atoms. The number of rotatable bonds is 7. The van der Waals surface area contributed by atoms with Gasteiger partial charge in [0.15, 0.2) is 5.82 Å². The van der Waals surface area contributed by atoms with Crippen molar-refractivity contribution < 1.29 is 17.9 Å². The molecule has 3 heterocycles. The van der Waals surface area contributed by atoms with Crippen LogP contribution in [-0.2, 0) is 21.4 Å². The zero-order valence-electron chi connectivity index (χ0n) is 17.7. The van der Waals surface area contributed by atoms with Crippen LogP contribution in [0.5, 0.6) is 5.75 Å². The predicted octanol–water partition coefficient (Wildman–Crippen LogP) is 1.99. The normalized spacial score (nSPS) is 17.1. The van der Waals surface area contributed by atoms with Gasteiger partial charge in [-0.15, -0.1) is 0 Å². The molecule has 9 nitrogen and oxygen atoms in total. The van der Waals surface area contributed by atoms with Gasteiger partial charge in [-0.25, -0.2) is 18.1 Å². The van der Waals surface area contributed by atoms with Crippen molar-refractivity contribution in [3.05, 3.63) is 66.6 Å². The summed E-state index contributed by atoms with van der Waals surface area (Å²) in [7, 11) is -2.14. The monoisotopic (exact) mass is 455 g/mol. The van der Waals surface area contributed by atoms with Gasteiger partial charge in [0, 0.05) is 38.2 Å². The van der Waals surface area contributed by atoms with Crippen LogP contribution in [0.15, 0.2) is 66.0 Å². The lowest BCUT2D eigenvalue weighted by Gasteiger charge is -2.31. The minimum atomic E-state index is -3.67. The van der Waals surface area contributed by atoms with E-state index < -0.39 is 15.9 Å². The summed E-state index contributed by atoms with van der Waals surface area (Å²) in [4.78, 5) is 17.3. The molecule has 4 rings (SSSR count). The molecule has 1 fully saturated rings. The number of pyridine rings is 1. The molecule has 3 aromatic rings. The lowest BCUT2D eigenvalue weighted by atomic mass is 9.99. The van der Waals surface area contributed by atoms with Crippen LogP contribution >= 0.6 is 0 Å². The quantitative estimate of drug-likeness (QED) is 0.584. The molecule has 168 valence electrons. The molecule has 0 saturated carbocycles. The van der Waals surface area contributed by atoms with Crippen LogP contribution in [0.4, 0.5) is 0 Å². The molecule has 1 amide bonds. The zero-order valence-corrected chi connectivity index (χ0v) is 18.5. The summed E-state index contributed by atoms with van der Waals surface area (Å²) in [5.74, 6) is 0.729. The average Bonchev–Trinajstić information content (AvgIpc) is 3.38. The van der Waals surface area contributed by atoms with E-state index in [-0.39, 0.29) is 17.3 Å². The van der Waals surface area contributed by atoms with Crippen molar-refractivity contribution >= 4 is 15.9 Å².